The maximum absolute atomic E-state index is 13.3. The highest BCUT2D eigenvalue weighted by Crippen LogP contribution is 2.33. The van der Waals surface area contributed by atoms with Crippen molar-refractivity contribution in [2.75, 3.05) is 17.2 Å². The van der Waals surface area contributed by atoms with E-state index in [1.165, 1.54) is 12.5 Å². The fourth-order valence-corrected chi connectivity index (χ4v) is 2.57. The Morgan fingerprint density at radius 1 is 1.38 bits per heavy atom. The van der Waals surface area contributed by atoms with E-state index in [0.717, 1.165) is 12.2 Å². The second kappa shape index (κ2) is 3.96. The lowest BCUT2D eigenvalue weighted by Gasteiger charge is -2.26. The van der Waals surface area contributed by atoms with Crippen LogP contribution in [-0.2, 0) is 0 Å². The largest absolute Gasteiger partial charge is 0.397 e. The first-order valence-electron chi connectivity index (χ1n) is 5.81. The topological polar surface area (TPSA) is 29.3 Å². The number of nitrogen functional groups attached to an aromatic ring is 1. The Balaban J connectivity index is 2.37. The van der Waals surface area contributed by atoms with Gasteiger partial charge >= 0.3 is 0 Å². The van der Waals surface area contributed by atoms with Crippen LogP contribution < -0.4 is 10.6 Å². The van der Waals surface area contributed by atoms with Crippen LogP contribution in [0.15, 0.2) is 12.1 Å². The predicted octanol–water partition coefficient (Wildman–Crippen LogP) is 2.95. The molecule has 1 aliphatic rings. The smallest absolute Gasteiger partial charge is 0.128 e. The molecule has 0 radical (unpaired) electrons. The summed E-state index contributed by atoms with van der Waals surface area (Å²) < 4.78 is 13.3. The van der Waals surface area contributed by atoms with Gasteiger partial charge in [0.05, 0.1) is 11.4 Å². The molecule has 1 saturated heterocycles. The Bertz CT molecular complexity index is 403. The summed E-state index contributed by atoms with van der Waals surface area (Å²) in [5.41, 5.74) is 8.09. The third-order valence-electron chi connectivity index (χ3n) is 3.40. The minimum absolute atomic E-state index is 0.221. The summed E-state index contributed by atoms with van der Waals surface area (Å²) in [5.74, 6) is 0.459. The number of nitrogens with zero attached hydrogens (tertiary/aromatic N) is 1. The molecule has 0 amide bonds. The standard InChI is InChI=1S/C13H19FN2/c1-8-4-10(3)16(7-8)13-5-9(2)11(14)6-12(13)15/h5-6,8,10H,4,7,15H2,1-3H3. The Hall–Kier alpha value is -1.25. The van der Waals surface area contributed by atoms with Crippen molar-refractivity contribution in [1.82, 2.24) is 0 Å². The highest BCUT2D eigenvalue weighted by molar-refractivity contribution is 5.69. The molecule has 0 bridgehead atoms. The molecule has 2 rings (SSSR count). The second-order valence-corrected chi connectivity index (χ2v) is 5.00. The maximum Gasteiger partial charge on any atom is 0.128 e. The van der Waals surface area contributed by atoms with Gasteiger partial charge in [0, 0.05) is 12.6 Å². The van der Waals surface area contributed by atoms with E-state index in [2.05, 4.69) is 18.7 Å². The summed E-state index contributed by atoms with van der Waals surface area (Å²) in [7, 11) is 0. The van der Waals surface area contributed by atoms with Crippen LogP contribution >= 0.6 is 0 Å². The first kappa shape index (κ1) is 11.2. The quantitative estimate of drug-likeness (QED) is 0.740. The average molecular weight is 222 g/mol. The molecule has 1 fully saturated rings. The lowest BCUT2D eigenvalue weighted by atomic mass is 10.1. The maximum atomic E-state index is 13.3. The number of halogens is 1. The molecule has 2 atom stereocenters. The summed E-state index contributed by atoms with van der Waals surface area (Å²) in [6, 6.07) is 3.78. The molecular formula is C13H19FN2. The Kier molecular flexibility index (Phi) is 2.78. The van der Waals surface area contributed by atoms with E-state index in [1.807, 2.05) is 6.07 Å². The molecule has 16 heavy (non-hydrogen) atoms. The average Bonchev–Trinajstić information content (AvgIpc) is 2.51. The molecule has 2 N–H and O–H groups in total. The normalized spacial score (nSPS) is 25.1. The number of hydrogen-bond acceptors (Lipinski definition) is 2. The van der Waals surface area contributed by atoms with Gasteiger partial charge in [-0.2, -0.15) is 0 Å². The van der Waals surface area contributed by atoms with Gasteiger partial charge in [0.2, 0.25) is 0 Å². The van der Waals surface area contributed by atoms with E-state index >= 15 is 0 Å². The number of benzene rings is 1. The van der Waals surface area contributed by atoms with Gasteiger partial charge in [-0.05, 0) is 43.9 Å². The first-order chi connectivity index (χ1) is 7.49. The molecule has 88 valence electrons. The van der Waals surface area contributed by atoms with Crippen molar-refractivity contribution in [2.45, 2.75) is 33.2 Å². The van der Waals surface area contributed by atoms with E-state index in [0.29, 0.717) is 23.2 Å². The van der Waals surface area contributed by atoms with Crippen LogP contribution in [0.25, 0.3) is 0 Å². The number of rotatable bonds is 1. The number of anilines is 2. The van der Waals surface area contributed by atoms with Crippen LogP contribution in [0.3, 0.4) is 0 Å². The summed E-state index contributed by atoms with van der Waals surface area (Å²) in [4.78, 5) is 2.28. The minimum atomic E-state index is -0.221. The van der Waals surface area contributed by atoms with E-state index < -0.39 is 0 Å². The zero-order valence-corrected chi connectivity index (χ0v) is 10.1. The Labute approximate surface area is 96.2 Å². The van der Waals surface area contributed by atoms with Gasteiger partial charge in [-0.1, -0.05) is 6.92 Å². The number of aryl methyl sites for hydroxylation is 1. The van der Waals surface area contributed by atoms with Crippen LogP contribution in [0.1, 0.15) is 25.8 Å². The van der Waals surface area contributed by atoms with Gasteiger partial charge in [-0.15, -0.1) is 0 Å². The van der Waals surface area contributed by atoms with E-state index in [9.17, 15) is 4.39 Å². The fourth-order valence-electron chi connectivity index (χ4n) is 2.57. The Morgan fingerprint density at radius 2 is 2.06 bits per heavy atom. The van der Waals surface area contributed by atoms with Crippen LogP contribution in [0.2, 0.25) is 0 Å². The lowest BCUT2D eigenvalue weighted by Crippen LogP contribution is -2.27. The Morgan fingerprint density at radius 3 is 2.62 bits per heavy atom. The SMILES string of the molecule is Cc1cc(N2CC(C)CC2C)c(N)cc1F. The molecule has 1 aromatic rings. The molecule has 1 heterocycles. The molecule has 0 spiro atoms. The summed E-state index contributed by atoms with van der Waals surface area (Å²) in [6.07, 6.45) is 1.18. The first-order valence-corrected chi connectivity index (χ1v) is 5.81. The number of nitrogens with two attached hydrogens (primary N) is 1. The van der Waals surface area contributed by atoms with Gasteiger partial charge in [0.1, 0.15) is 5.82 Å². The van der Waals surface area contributed by atoms with Crippen molar-refractivity contribution >= 4 is 11.4 Å². The zero-order chi connectivity index (χ0) is 11.9. The molecular weight excluding hydrogens is 203 g/mol. The zero-order valence-electron chi connectivity index (χ0n) is 10.1. The van der Waals surface area contributed by atoms with Crippen molar-refractivity contribution in [1.29, 1.82) is 0 Å². The predicted molar refractivity (Wildman–Crippen MR) is 66.1 cm³/mol. The lowest BCUT2D eigenvalue weighted by molar-refractivity contribution is 0.618. The number of hydrogen-bond donors (Lipinski definition) is 1. The van der Waals surface area contributed by atoms with E-state index in [-0.39, 0.29) is 5.82 Å². The molecule has 2 unspecified atom stereocenters. The van der Waals surface area contributed by atoms with Crippen molar-refractivity contribution in [3.8, 4) is 0 Å². The van der Waals surface area contributed by atoms with Gasteiger partial charge in [0.25, 0.3) is 0 Å². The molecule has 2 nitrogen and oxygen atoms in total. The van der Waals surface area contributed by atoms with Gasteiger partial charge in [-0.25, -0.2) is 4.39 Å². The third kappa shape index (κ3) is 1.86. The van der Waals surface area contributed by atoms with Gasteiger partial charge < -0.3 is 10.6 Å². The highest BCUT2D eigenvalue weighted by atomic mass is 19.1. The van der Waals surface area contributed by atoms with Crippen LogP contribution in [0.5, 0.6) is 0 Å². The van der Waals surface area contributed by atoms with Crippen molar-refractivity contribution < 1.29 is 4.39 Å². The fraction of sp³-hybridized carbons (Fsp3) is 0.538. The van der Waals surface area contributed by atoms with Crippen LogP contribution in [-0.4, -0.2) is 12.6 Å². The summed E-state index contributed by atoms with van der Waals surface area (Å²) in [5, 5.41) is 0. The molecule has 3 heteroatoms. The third-order valence-corrected chi connectivity index (χ3v) is 3.40. The molecule has 0 aromatic heterocycles. The van der Waals surface area contributed by atoms with Crippen LogP contribution in [0.4, 0.5) is 15.8 Å². The highest BCUT2D eigenvalue weighted by Gasteiger charge is 2.27. The van der Waals surface area contributed by atoms with Crippen LogP contribution in [0, 0.1) is 18.7 Å². The van der Waals surface area contributed by atoms with Crippen molar-refractivity contribution in [3.63, 3.8) is 0 Å². The molecule has 1 aliphatic heterocycles. The summed E-state index contributed by atoms with van der Waals surface area (Å²) >= 11 is 0. The van der Waals surface area contributed by atoms with Crippen molar-refractivity contribution in [3.05, 3.63) is 23.5 Å². The summed E-state index contributed by atoms with van der Waals surface area (Å²) in [6.45, 7) is 7.23. The molecule has 1 aromatic carbocycles. The minimum Gasteiger partial charge on any atom is -0.397 e. The second-order valence-electron chi connectivity index (χ2n) is 5.00. The van der Waals surface area contributed by atoms with Gasteiger partial charge in [0.15, 0.2) is 0 Å². The molecule has 0 aliphatic carbocycles. The van der Waals surface area contributed by atoms with Gasteiger partial charge in [-0.3, -0.25) is 0 Å². The molecule has 0 saturated carbocycles. The monoisotopic (exact) mass is 222 g/mol. The van der Waals surface area contributed by atoms with E-state index in [4.69, 9.17) is 5.73 Å². The van der Waals surface area contributed by atoms with Crippen molar-refractivity contribution in [2.24, 2.45) is 5.92 Å². The van der Waals surface area contributed by atoms with E-state index in [1.54, 1.807) is 6.92 Å².